The van der Waals surface area contributed by atoms with E-state index in [2.05, 4.69) is 352 Å². The Balaban J connectivity index is 0.000000136. The van der Waals surface area contributed by atoms with Gasteiger partial charge in [0, 0.05) is 61.3 Å². The average molecular weight is 1490 g/mol. The van der Waals surface area contributed by atoms with E-state index in [1.165, 1.54) is 170 Å². The van der Waals surface area contributed by atoms with Crippen molar-refractivity contribution in [1.29, 1.82) is 0 Å². The number of anilines is 6. The van der Waals surface area contributed by atoms with Gasteiger partial charge in [-0.3, -0.25) is 0 Å². The molecule has 558 valence electrons. The number of benzene rings is 14. The Morgan fingerprint density at radius 3 is 0.939 bits per heavy atom. The van der Waals surface area contributed by atoms with Crippen molar-refractivity contribution in [3.8, 4) is 89.0 Å². The molecule has 4 heteroatoms. The highest BCUT2D eigenvalue weighted by atomic mass is 19.1. The van der Waals surface area contributed by atoms with Crippen LogP contribution in [0.1, 0.15) is 136 Å². The first-order valence-corrected chi connectivity index (χ1v) is 42.5. The third-order valence-electron chi connectivity index (χ3n) is 30.4. The number of hydrogen-bond acceptors (Lipinski definition) is 2. The van der Waals surface area contributed by atoms with Crippen LogP contribution in [-0.2, 0) is 21.7 Å². The number of rotatable bonds is 10. The van der Waals surface area contributed by atoms with Crippen LogP contribution in [0.25, 0.3) is 93.9 Å². The molecule has 0 aromatic heterocycles. The topological polar surface area (TPSA) is 10.8 Å². The summed E-state index contributed by atoms with van der Waals surface area (Å²) in [6.45, 7) is 18.1. The fraction of sp³-hybridized carbons (Fsp3) is 0.234. The SMILES string of the molecule is CC1(C)c2ccccc2-c2ccc(N(c3ccc(-c4ccccc4)cc3)c3ccc(-c4cccc5c4C4(c6ccccc6-5)C5CC6CC(C5)CC4C6)c(F)c3)cc21.[C-]#[N+]c1cc(N(c2ccc(-c3ccccc3)cc2)c2ccc3c(c2)C(C)(C)c2ccccc2-3)ccc1-c1cccc2c1C1(c3ccccc3-2)C2CC3CC(C2)CC1C3. The Kier molecular flexibility index (Phi) is 15.4. The van der Waals surface area contributed by atoms with Gasteiger partial charge in [0.05, 0.1) is 6.57 Å². The van der Waals surface area contributed by atoms with Crippen molar-refractivity contribution in [1.82, 2.24) is 0 Å². The Morgan fingerprint density at radius 1 is 0.261 bits per heavy atom. The molecular weight excluding hydrogens is 1390 g/mol. The van der Waals surface area contributed by atoms with Gasteiger partial charge in [-0.25, -0.2) is 9.24 Å². The van der Waals surface area contributed by atoms with E-state index in [-0.39, 0.29) is 27.5 Å². The molecule has 2 spiro atoms. The lowest BCUT2D eigenvalue weighted by Crippen LogP contribution is -2.55. The van der Waals surface area contributed by atoms with Crippen LogP contribution in [0.4, 0.5) is 44.2 Å². The minimum Gasteiger partial charge on any atom is -0.312 e. The number of halogens is 1. The molecule has 0 aliphatic heterocycles. The van der Waals surface area contributed by atoms with Gasteiger partial charge >= 0.3 is 0 Å². The summed E-state index contributed by atoms with van der Waals surface area (Å²) in [7, 11) is 0. The molecular formula is C111H92FN3. The molecule has 0 N–H and O–H groups in total. The maximum atomic E-state index is 17.4. The van der Waals surface area contributed by atoms with Crippen LogP contribution in [0.3, 0.4) is 0 Å². The van der Waals surface area contributed by atoms with Crippen LogP contribution in [0.5, 0.6) is 0 Å². The zero-order valence-electron chi connectivity index (χ0n) is 65.9. The summed E-state index contributed by atoms with van der Waals surface area (Å²) >= 11 is 0. The lowest BCUT2D eigenvalue weighted by molar-refractivity contribution is -0.0397. The third kappa shape index (κ3) is 10.1. The molecule has 8 bridgehead atoms. The molecule has 0 amide bonds. The molecule has 0 saturated heterocycles. The zero-order chi connectivity index (χ0) is 76.8. The minimum absolute atomic E-state index is 0.0231. The van der Waals surface area contributed by atoms with Gasteiger partial charge in [-0.05, 0) is 318 Å². The van der Waals surface area contributed by atoms with Crippen LogP contribution in [0.2, 0.25) is 0 Å². The molecule has 0 radical (unpaired) electrons. The van der Waals surface area contributed by atoms with Crippen molar-refractivity contribution < 1.29 is 4.39 Å². The van der Waals surface area contributed by atoms with Gasteiger partial charge in [-0.15, -0.1) is 0 Å². The Morgan fingerprint density at radius 2 is 0.548 bits per heavy atom. The summed E-state index contributed by atoms with van der Waals surface area (Å²) in [6, 6.07) is 115. The van der Waals surface area contributed by atoms with E-state index in [4.69, 9.17) is 6.57 Å². The summed E-state index contributed by atoms with van der Waals surface area (Å²) in [5.41, 5.74) is 37.3. The maximum Gasteiger partial charge on any atom is 0.196 e. The summed E-state index contributed by atoms with van der Waals surface area (Å²) in [4.78, 5) is 8.96. The predicted octanol–water partition coefficient (Wildman–Crippen LogP) is 29.7. The van der Waals surface area contributed by atoms with Gasteiger partial charge in [-0.2, -0.15) is 0 Å². The third-order valence-corrected chi connectivity index (χ3v) is 30.4. The number of fused-ring (bicyclic) bond motifs is 12. The van der Waals surface area contributed by atoms with Crippen LogP contribution >= 0.6 is 0 Å². The van der Waals surface area contributed by atoms with Crippen molar-refractivity contribution in [2.24, 2.45) is 47.3 Å². The molecule has 3 nitrogen and oxygen atoms in total. The summed E-state index contributed by atoms with van der Waals surface area (Å²) in [5.74, 6) is 5.83. The highest BCUT2D eigenvalue weighted by Crippen LogP contribution is 2.73. The lowest BCUT2D eigenvalue weighted by atomic mass is 9.42. The quantitative estimate of drug-likeness (QED) is 0.126. The Hall–Kier alpha value is -11.9. The van der Waals surface area contributed by atoms with E-state index in [9.17, 15) is 0 Å². The molecule has 115 heavy (non-hydrogen) atoms. The van der Waals surface area contributed by atoms with Gasteiger partial charge in [0.2, 0.25) is 0 Å². The van der Waals surface area contributed by atoms with Crippen LogP contribution in [0.15, 0.2) is 315 Å². The first-order valence-electron chi connectivity index (χ1n) is 42.5. The largest absolute Gasteiger partial charge is 0.312 e. The van der Waals surface area contributed by atoms with Crippen LogP contribution in [0, 0.1) is 59.7 Å². The van der Waals surface area contributed by atoms with Gasteiger partial charge in [0.1, 0.15) is 5.82 Å². The second-order valence-electron chi connectivity index (χ2n) is 36.7. The van der Waals surface area contributed by atoms with E-state index in [1.54, 1.807) is 11.6 Å². The summed E-state index contributed by atoms with van der Waals surface area (Å²) in [6.07, 6.45) is 13.4. The van der Waals surface area contributed by atoms with Gasteiger partial charge in [0.25, 0.3) is 0 Å². The second-order valence-corrected chi connectivity index (χ2v) is 36.7. The van der Waals surface area contributed by atoms with Crippen molar-refractivity contribution in [2.75, 3.05) is 9.80 Å². The first kappa shape index (κ1) is 68.7. The summed E-state index contributed by atoms with van der Waals surface area (Å²) in [5, 5.41) is 0. The van der Waals surface area contributed by atoms with E-state index in [1.807, 2.05) is 0 Å². The van der Waals surface area contributed by atoms with Crippen LogP contribution < -0.4 is 9.80 Å². The highest BCUT2D eigenvalue weighted by molar-refractivity contribution is 5.96. The molecule has 14 aromatic rings. The van der Waals surface area contributed by atoms with E-state index in [0.717, 1.165) is 74.5 Å². The normalized spacial score (nSPS) is 23.7. The van der Waals surface area contributed by atoms with Crippen molar-refractivity contribution >= 4 is 39.8 Å². The monoisotopic (exact) mass is 1490 g/mol. The van der Waals surface area contributed by atoms with E-state index >= 15 is 4.39 Å². The number of hydrogen-bond donors (Lipinski definition) is 0. The molecule has 0 unspecified atom stereocenters. The van der Waals surface area contributed by atoms with Crippen LogP contribution in [-0.4, -0.2) is 0 Å². The molecule has 12 aliphatic rings. The molecule has 14 aromatic carbocycles. The van der Waals surface area contributed by atoms with E-state index < -0.39 is 0 Å². The van der Waals surface area contributed by atoms with Crippen molar-refractivity contribution in [3.63, 3.8) is 0 Å². The fourth-order valence-corrected chi connectivity index (χ4v) is 26.1. The summed E-state index contributed by atoms with van der Waals surface area (Å²) < 4.78 is 17.4. The molecule has 0 heterocycles. The lowest BCUT2D eigenvalue weighted by Gasteiger charge is -2.61. The first-order chi connectivity index (χ1) is 56.3. The van der Waals surface area contributed by atoms with Gasteiger partial charge in [-0.1, -0.05) is 264 Å². The maximum absolute atomic E-state index is 17.4. The Labute approximate surface area is 676 Å². The molecule has 12 aliphatic carbocycles. The fourth-order valence-electron chi connectivity index (χ4n) is 26.1. The van der Waals surface area contributed by atoms with E-state index in [0.29, 0.717) is 34.9 Å². The molecule has 0 atom stereocenters. The highest BCUT2D eigenvalue weighted by Gasteiger charge is 2.64. The predicted molar refractivity (Wildman–Crippen MR) is 472 cm³/mol. The molecule has 8 fully saturated rings. The second kappa shape index (κ2) is 25.8. The minimum atomic E-state index is -0.171. The van der Waals surface area contributed by atoms with Gasteiger partial charge < -0.3 is 9.80 Å². The van der Waals surface area contributed by atoms with Gasteiger partial charge in [0.15, 0.2) is 5.69 Å². The van der Waals surface area contributed by atoms with Crippen molar-refractivity contribution in [3.05, 3.63) is 377 Å². The molecule has 26 rings (SSSR count). The van der Waals surface area contributed by atoms with Crippen molar-refractivity contribution in [2.45, 2.75) is 114 Å². The zero-order valence-corrected chi connectivity index (χ0v) is 65.9. The average Bonchev–Trinajstić information content (AvgIpc) is 1.54. The Bertz CT molecular complexity index is 6290. The number of nitrogens with zero attached hydrogens (tertiary/aromatic N) is 3. The molecule has 8 saturated carbocycles. The smallest absolute Gasteiger partial charge is 0.196 e. The standard InChI is InChI=1S/C56H46N2.C55H46FN/c1-55(2)50-18-9-7-14-44(50)46-26-24-42(33-52(46)55)58(41-22-20-38(21-23-41)37-12-5-4-6-13-37)43-25-27-47(53(34-43)57-3)49-17-11-16-48-45-15-8-10-19-51(45)56(54(48)49)39-29-35-28-36(31-39)32-40(56)30-35;1-54(2)49-17-8-6-13-43(49)45-25-23-41(32-51(45)54)57(40-21-19-37(20-22-40)36-11-4-3-5-12-36)42-24-26-46(52(56)33-42)48-16-10-15-47-44-14-7-9-18-50(44)55(53(47)48)38-28-34-27-35(30-38)31-39(55)29-34/h4-27,33-36,39-40H,28-32H2,1-2H3;3-26,32-35,38-39H,27-31H2,1-2H3.